The van der Waals surface area contributed by atoms with Crippen LogP contribution in [-0.2, 0) is 0 Å². The van der Waals surface area contributed by atoms with Crippen molar-refractivity contribution in [2.75, 3.05) is 13.6 Å². The maximum absolute atomic E-state index is 13.2. The molecule has 0 radical (unpaired) electrons. The van der Waals surface area contributed by atoms with E-state index in [1.165, 1.54) is 17.0 Å². The molecule has 0 aliphatic carbocycles. The van der Waals surface area contributed by atoms with Crippen molar-refractivity contribution in [3.05, 3.63) is 41.3 Å². The van der Waals surface area contributed by atoms with Crippen molar-refractivity contribution in [1.29, 1.82) is 0 Å². The van der Waals surface area contributed by atoms with E-state index in [2.05, 4.69) is 4.98 Å². The summed E-state index contributed by atoms with van der Waals surface area (Å²) in [5.41, 5.74) is 0.557. The summed E-state index contributed by atoms with van der Waals surface area (Å²) in [6.07, 6.45) is 0. The first-order valence-electron chi connectivity index (χ1n) is 6.72. The lowest BCUT2D eigenvalue weighted by Gasteiger charge is -2.26. The molecule has 0 saturated carbocycles. The Labute approximate surface area is 123 Å². The molecular formula is C16H19FN2O2. The second-order valence-electron chi connectivity index (χ2n) is 5.93. The molecule has 4 nitrogen and oxygen atoms in total. The molecule has 0 spiro atoms. The van der Waals surface area contributed by atoms with Crippen LogP contribution in [0, 0.1) is 12.7 Å². The van der Waals surface area contributed by atoms with Crippen LogP contribution in [-0.4, -0.2) is 40.1 Å². The number of carbonyl (C=O) groups is 1. The van der Waals surface area contributed by atoms with Crippen LogP contribution in [0.2, 0.25) is 0 Å². The van der Waals surface area contributed by atoms with Crippen LogP contribution in [0.4, 0.5) is 4.39 Å². The number of aliphatic hydroxyl groups is 1. The quantitative estimate of drug-likeness (QED) is 0.945. The Kier molecular flexibility index (Phi) is 3.96. The van der Waals surface area contributed by atoms with E-state index in [4.69, 9.17) is 0 Å². The van der Waals surface area contributed by atoms with Gasteiger partial charge in [0, 0.05) is 25.0 Å². The lowest BCUT2D eigenvalue weighted by atomic mass is 10.1. The van der Waals surface area contributed by atoms with Crippen molar-refractivity contribution in [1.82, 2.24) is 9.88 Å². The molecule has 21 heavy (non-hydrogen) atoms. The number of pyridine rings is 1. The third-order valence-electron chi connectivity index (χ3n) is 3.17. The van der Waals surface area contributed by atoms with E-state index in [1.807, 2.05) is 0 Å². The van der Waals surface area contributed by atoms with Gasteiger partial charge < -0.3 is 10.0 Å². The zero-order valence-corrected chi connectivity index (χ0v) is 12.6. The van der Waals surface area contributed by atoms with Crippen LogP contribution < -0.4 is 0 Å². The number of hydrogen-bond acceptors (Lipinski definition) is 3. The number of aryl methyl sites for hydroxylation is 1. The van der Waals surface area contributed by atoms with Gasteiger partial charge in [0.2, 0.25) is 0 Å². The average Bonchev–Trinajstić information content (AvgIpc) is 2.35. The van der Waals surface area contributed by atoms with Crippen molar-refractivity contribution in [2.45, 2.75) is 26.4 Å². The maximum atomic E-state index is 13.2. The molecule has 2 aromatic rings. The number of rotatable bonds is 3. The molecule has 0 atom stereocenters. The Morgan fingerprint density at radius 2 is 2.05 bits per heavy atom. The monoisotopic (exact) mass is 290 g/mol. The molecule has 5 heteroatoms. The minimum absolute atomic E-state index is 0.214. The Morgan fingerprint density at radius 3 is 2.67 bits per heavy atom. The van der Waals surface area contributed by atoms with Crippen LogP contribution in [0.1, 0.15) is 29.9 Å². The Morgan fingerprint density at radius 1 is 1.38 bits per heavy atom. The van der Waals surface area contributed by atoms with Crippen LogP contribution >= 0.6 is 0 Å². The van der Waals surface area contributed by atoms with Crippen LogP contribution in [0.15, 0.2) is 24.3 Å². The Bertz CT molecular complexity index is 692. The van der Waals surface area contributed by atoms with E-state index >= 15 is 0 Å². The van der Waals surface area contributed by atoms with Crippen LogP contribution in [0.3, 0.4) is 0 Å². The number of amides is 1. The maximum Gasteiger partial charge on any atom is 0.255 e. The second-order valence-corrected chi connectivity index (χ2v) is 5.93. The van der Waals surface area contributed by atoms with E-state index in [1.54, 1.807) is 40.0 Å². The third-order valence-corrected chi connectivity index (χ3v) is 3.17. The number of hydrogen-bond donors (Lipinski definition) is 1. The SMILES string of the molecule is Cc1nc2cc(F)ccc2cc1C(=O)N(C)CC(C)(C)O. The Hall–Kier alpha value is -2.01. The van der Waals surface area contributed by atoms with Crippen molar-refractivity contribution < 1.29 is 14.3 Å². The normalized spacial score (nSPS) is 11.7. The first-order chi connectivity index (χ1) is 9.67. The molecule has 0 saturated heterocycles. The summed E-state index contributed by atoms with van der Waals surface area (Å²) in [6.45, 7) is 5.22. The highest BCUT2D eigenvalue weighted by Gasteiger charge is 2.22. The summed E-state index contributed by atoms with van der Waals surface area (Å²) in [7, 11) is 1.63. The van der Waals surface area contributed by atoms with Gasteiger partial charge in [-0.3, -0.25) is 9.78 Å². The standard InChI is InChI=1S/C16H19FN2O2/c1-10-13(15(20)19(4)9-16(2,3)21)7-11-5-6-12(17)8-14(11)18-10/h5-8,21H,9H2,1-4H3. The zero-order chi connectivity index (χ0) is 15.8. The fourth-order valence-corrected chi connectivity index (χ4v) is 2.31. The summed E-state index contributed by atoms with van der Waals surface area (Å²) in [5, 5.41) is 10.5. The molecule has 0 unspecified atom stereocenters. The fourth-order valence-electron chi connectivity index (χ4n) is 2.31. The predicted molar refractivity (Wildman–Crippen MR) is 79.7 cm³/mol. The van der Waals surface area contributed by atoms with E-state index < -0.39 is 5.60 Å². The number of benzene rings is 1. The van der Waals surface area contributed by atoms with E-state index in [0.29, 0.717) is 22.2 Å². The van der Waals surface area contributed by atoms with E-state index in [-0.39, 0.29) is 18.3 Å². The second kappa shape index (κ2) is 5.41. The fraction of sp³-hybridized carbons (Fsp3) is 0.375. The van der Waals surface area contributed by atoms with Gasteiger partial charge in [0.15, 0.2) is 0 Å². The topological polar surface area (TPSA) is 53.4 Å². The molecule has 2 rings (SSSR count). The molecule has 0 aliphatic heterocycles. The lowest BCUT2D eigenvalue weighted by Crippen LogP contribution is -2.40. The Balaban J connectivity index is 2.39. The van der Waals surface area contributed by atoms with Gasteiger partial charge in [-0.1, -0.05) is 0 Å². The number of likely N-dealkylation sites (N-methyl/N-ethyl adjacent to an activating group) is 1. The smallest absolute Gasteiger partial charge is 0.255 e. The first kappa shape index (κ1) is 15.4. The molecule has 1 amide bonds. The minimum Gasteiger partial charge on any atom is -0.389 e. The van der Waals surface area contributed by atoms with Gasteiger partial charge >= 0.3 is 0 Å². The lowest BCUT2D eigenvalue weighted by molar-refractivity contribution is 0.0367. The van der Waals surface area contributed by atoms with Gasteiger partial charge in [0.05, 0.1) is 22.4 Å². The van der Waals surface area contributed by atoms with Gasteiger partial charge in [-0.2, -0.15) is 0 Å². The average molecular weight is 290 g/mol. The number of halogens is 1. The molecule has 0 aliphatic rings. The molecule has 1 aromatic carbocycles. The molecule has 0 bridgehead atoms. The molecule has 0 fully saturated rings. The van der Waals surface area contributed by atoms with E-state index in [0.717, 1.165) is 0 Å². The molecule has 1 N–H and O–H groups in total. The largest absolute Gasteiger partial charge is 0.389 e. The van der Waals surface area contributed by atoms with Gasteiger partial charge in [-0.15, -0.1) is 0 Å². The summed E-state index contributed by atoms with van der Waals surface area (Å²) in [4.78, 5) is 18.2. The van der Waals surface area contributed by atoms with E-state index in [9.17, 15) is 14.3 Å². The molecule has 1 aromatic heterocycles. The highest BCUT2D eigenvalue weighted by molar-refractivity contribution is 5.98. The van der Waals surface area contributed by atoms with Crippen LogP contribution in [0.25, 0.3) is 10.9 Å². The van der Waals surface area contributed by atoms with Gasteiger partial charge in [-0.05, 0) is 39.0 Å². The van der Waals surface area contributed by atoms with Crippen LogP contribution in [0.5, 0.6) is 0 Å². The highest BCUT2D eigenvalue weighted by atomic mass is 19.1. The zero-order valence-electron chi connectivity index (χ0n) is 12.6. The first-order valence-corrected chi connectivity index (χ1v) is 6.72. The van der Waals surface area contributed by atoms with Crippen molar-refractivity contribution in [2.24, 2.45) is 0 Å². The third kappa shape index (κ3) is 3.55. The molecule has 1 heterocycles. The van der Waals surface area contributed by atoms with Crippen molar-refractivity contribution in [3.8, 4) is 0 Å². The summed E-state index contributed by atoms with van der Waals surface area (Å²) in [6, 6.07) is 6.00. The number of fused-ring (bicyclic) bond motifs is 1. The van der Waals surface area contributed by atoms with Crippen molar-refractivity contribution in [3.63, 3.8) is 0 Å². The summed E-state index contributed by atoms with van der Waals surface area (Å²) >= 11 is 0. The van der Waals surface area contributed by atoms with Crippen molar-refractivity contribution >= 4 is 16.8 Å². The number of aromatic nitrogens is 1. The van der Waals surface area contributed by atoms with Gasteiger partial charge in [0.1, 0.15) is 5.82 Å². The summed E-state index contributed by atoms with van der Waals surface area (Å²) < 4.78 is 13.2. The predicted octanol–water partition coefficient (Wildman–Crippen LogP) is 2.53. The van der Waals surface area contributed by atoms with Gasteiger partial charge in [0.25, 0.3) is 5.91 Å². The summed E-state index contributed by atoms with van der Waals surface area (Å²) in [5.74, 6) is -0.569. The number of carbonyl (C=O) groups excluding carboxylic acids is 1. The minimum atomic E-state index is -0.967. The number of nitrogens with zero attached hydrogens (tertiary/aromatic N) is 2. The molecular weight excluding hydrogens is 271 g/mol. The highest BCUT2D eigenvalue weighted by Crippen LogP contribution is 2.19. The molecule has 112 valence electrons. The van der Waals surface area contributed by atoms with Gasteiger partial charge in [-0.25, -0.2) is 4.39 Å².